The normalized spacial score (nSPS) is 11.5. The summed E-state index contributed by atoms with van der Waals surface area (Å²) in [6.45, 7) is 1.61. The van der Waals surface area contributed by atoms with Crippen LogP contribution in [0.5, 0.6) is 0 Å². The van der Waals surface area contributed by atoms with E-state index in [1.54, 1.807) is 13.0 Å². The van der Waals surface area contributed by atoms with Crippen molar-refractivity contribution in [2.24, 2.45) is 0 Å². The quantitative estimate of drug-likeness (QED) is 0.816. The molecule has 0 aliphatic rings. The van der Waals surface area contributed by atoms with Crippen molar-refractivity contribution < 1.29 is 23.1 Å². The lowest BCUT2D eigenvalue weighted by Gasteiger charge is -2.17. The number of benzene rings is 2. The highest BCUT2D eigenvalue weighted by molar-refractivity contribution is 5.92. The Balaban J connectivity index is 2.05. The Hall–Kier alpha value is -2.96. The molecular weight excluding hydrogens is 330 g/mol. The average Bonchev–Trinajstić information content (AvgIpc) is 2.58. The third-order valence-corrected chi connectivity index (χ3v) is 3.57. The van der Waals surface area contributed by atoms with Gasteiger partial charge in [-0.25, -0.2) is 18.4 Å². The molecule has 2 aromatic carbocycles. The van der Waals surface area contributed by atoms with Gasteiger partial charge in [0, 0.05) is 12.1 Å². The van der Waals surface area contributed by atoms with Gasteiger partial charge in [0.15, 0.2) is 0 Å². The van der Waals surface area contributed by atoms with Crippen molar-refractivity contribution in [1.82, 2.24) is 5.32 Å². The zero-order chi connectivity index (χ0) is 18.4. The van der Waals surface area contributed by atoms with Crippen molar-refractivity contribution in [2.75, 3.05) is 12.4 Å². The number of urea groups is 1. The second-order valence-corrected chi connectivity index (χ2v) is 5.47. The van der Waals surface area contributed by atoms with Crippen molar-refractivity contribution in [3.05, 3.63) is 65.2 Å². The fourth-order valence-electron chi connectivity index (χ4n) is 2.19. The fraction of sp³-hybridized carbons (Fsp3) is 0.222. The topological polar surface area (TPSA) is 67.4 Å². The minimum absolute atomic E-state index is 0.128. The highest BCUT2D eigenvalue weighted by Crippen LogP contribution is 2.13. The molecule has 0 aliphatic heterocycles. The number of methoxy groups -OCH3 is 1. The maximum Gasteiger partial charge on any atom is 0.328 e. The van der Waals surface area contributed by atoms with Crippen LogP contribution in [0.2, 0.25) is 0 Å². The molecule has 132 valence electrons. The van der Waals surface area contributed by atoms with E-state index in [2.05, 4.69) is 15.4 Å². The molecule has 2 amide bonds. The van der Waals surface area contributed by atoms with Crippen LogP contribution in [0.4, 0.5) is 19.3 Å². The van der Waals surface area contributed by atoms with Gasteiger partial charge in [-0.1, -0.05) is 18.2 Å². The molecule has 5 nitrogen and oxygen atoms in total. The highest BCUT2D eigenvalue weighted by atomic mass is 19.1. The van der Waals surface area contributed by atoms with Crippen LogP contribution in [0.15, 0.2) is 42.5 Å². The summed E-state index contributed by atoms with van der Waals surface area (Å²) in [6, 6.07) is 8.17. The SMILES string of the molecule is COC(=O)C(Cc1ccc(F)cc1)NC(=O)Nc1ccc(C)c(F)c1. The van der Waals surface area contributed by atoms with Crippen LogP contribution < -0.4 is 10.6 Å². The molecule has 0 fully saturated rings. The van der Waals surface area contributed by atoms with Gasteiger partial charge in [-0.3, -0.25) is 0 Å². The van der Waals surface area contributed by atoms with E-state index in [1.165, 1.54) is 43.5 Å². The molecule has 1 unspecified atom stereocenters. The maximum absolute atomic E-state index is 13.5. The summed E-state index contributed by atoms with van der Waals surface area (Å²) < 4.78 is 31.2. The zero-order valence-electron chi connectivity index (χ0n) is 13.8. The first-order valence-electron chi connectivity index (χ1n) is 7.55. The standard InChI is InChI=1S/C18H18F2N2O3/c1-11-3-8-14(10-15(11)20)21-18(24)22-16(17(23)25-2)9-12-4-6-13(19)7-5-12/h3-8,10,16H,9H2,1-2H3,(H2,21,22,24). The molecule has 0 bridgehead atoms. The van der Waals surface area contributed by atoms with Crippen LogP contribution in [0.25, 0.3) is 0 Å². The molecule has 0 saturated heterocycles. The first-order valence-corrected chi connectivity index (χ1v) is 7.55. The monoisotopic (exact) mass is 348 g/mol. The minimum atomic E-state index is -0.967. The van der Waals surface area contributed by atoms with Crippen molar-refractivity contribution in [1.29, 1.82) is 0 Å². The van der Waals surface area contributed by atoms with Crippen LogP contribution in [0.3, 0.4) is 0 Å². The summed E-state index contributed by atoms with van der Waals surface area (Å²) in [5.74, 6) is -1.49. The van der Waals surface area contributed by atoms with Crippen molar-refractivity contribution in [3.63, 3.8) is 0 Å². The van der Waals surface area contributed by atoms with E-state index in [0.717, 1.165) is 0 Å². The lowest BCUT2D eigenvalue weighted by Crippen LogP contribution is -2.45. The Morgan fingerprint density at radius 2 is 1.80 bits per heavy atom. The summed E-state index contributed by atoms with van der Waals surface area (Å²) in [6.07, 6.45) is 0.128. The molecule has 0 spiro atoms. The number of aryl methyl sites for hydroxylation is 1. The summed E-state index contributed by atoms with van der Waals surface area (Å²) >= 11 is 0. The van der Waals surface area contributed by atoms with E-state index in [-0.39, 0.29) is 12.1 Å². The molecule has 1 atom stereocenters. The molecule has 0 saturated carbocycles. The number of hydrogen-bond donors (Lipinski definition) is 2. The average molecular weight is 348 g/mol. The van der Waals surface area contributed by atoms with Gasteiger partial charge in [-0.2, -0.15) is 0 Å². The van der Waals surface area contributed by atoms with Gasteiger partial charge < -0.3 is 15.4 Å². The van der Waals surface area contributed by atoms with Gasteiger partial charge in [0.1, 0.15) is 17.7 Å². The Morgan fingerprint density at radius 3 is 2.40 bits per heavy atom. The van der Waals surface area contributed by atoms with Crippen LogP contribution >= 0.6 is 0 Å². The molecule has 0 heterocycles. The van der Waals surface area contributed by atoms with Gasteiger partial charge in [-0.15, -0.1) is 0 Å². The molecule has 7 heteroatoms. The number of ether oxygens (including phenoxy) is 1. The molecule has 2 aromatic rings. The predicted molar refractivity (Wildman–Crippen MR) is 89.2 cm³/mol. The number of carbonyl (C=O) groups is 2. The summed E-state index contributed by atoms with van der Waals surface area (Å²) in [4.78, 5) is 23.9. The number of nitrogens with one attached hydrogen (secondary N) is 2. The van der Waals surface area contributed by atoms with Crippen LogP contribution in [0.1, 0.15) is 11.1 Å². The van der Waals surface area contributed by atoms with Crippen molar-refractivity contribution >= 4 is 17.7 Å². The summed E-state index contributed by atoms with van der Waals surface area (Å²) in [7, 11) is 1.20. The molecule has 0 aliphatic carbocycles. The third-order valence-electron chi connectivity index (χ3n) is 3.57. The first-order chi connectivity index (χ1) is 11.9. The third kappa shape index (κ3) is 5.27. The number of rotatable bonds is 5. The summed E-state index contributed by atoms with van der Waals surface area (Å²) in [5.41, 5.74) is 1.36. The summed E-state index contributed by atoms with van der Waals surface area (Å²) in [5, 5.41) is 4.93. The van der Waals surface area contributed by atoms with Crippen LogP contribution in [-0.4, -0.2) is 25.2 Å². The number of amides is 2. The Kier molecular flexibility index (Phi) is 6.05. The Bertz CT molecular complexity index is 763. The van der Waals surface area contributed by atoms with E-state index >= 15 is 0 Å². The highest BCUT2D eigenvalue weighted by Gasteiger charge is 2.22. The van der Waals surface area contributed by atoms with Gasteiger partial charge in [0.25, 0.3) is 0 Å². The fourth-order valence-corrected chi connectivity index (χ4v) is 2.19. The van der Waals surface area contributed by atoms with Crippen LogP contribution in [-0.2, 0) is 16.0 Å². The number of esters is 1. The Labute approximate surface area is 144 Å². The van der Waals surface area contributed by atoms with Gasteiger partial charge >= 0.3 is 12.0 Å². The van der Waals surface area contributed by atoms with Crippen molar-refractivity contribution in [3.8, 4) is 0 Å². The molecule has 2 N–H and O–H groups in total. The van der Waals surface area contributed by atoms with Gasteiger partial charge in [0.2, 0.25) is 0 Å². The van der Waals surface area contributed by atoms with E-state index < -0.39 is 29.7 Å². The zero-order valence-corrected chi connectivity index (χ0v) is 13.8. The number of hydrogen-bond acceptors (Lipinski definition) is 3. The molecular formula is C18H18F2N2O3. The van der Waals surface area contributed by atoms with E-state index in [1.807, 2.05) is 0 Å². The molecule has 0 radical (unpaired) electrons. The second kappa shape index (κ2) is 8.23. The molecule has 25 heavy (non-hydrogen) atoms. The maximum atomic E-state index is 13.5. The van der Waals surface area contributed by atoms with E-state index in [4.69, 9.17) is 0 Å². The largest absolute Gasteiger partial charge is 0.467 e. The van der Waals surface area contributed by atoms with Crippen molar-refractivity contribution in [2.45, 2.75) is 19.4 Å². The van der Waals surface area contributed by atoms with Crippen LogP contribution in [0, 0.1) is 18.6 Å². The number of carbonyl (C=O) groups excluding carboxylic acids is 2. The van der Waals surface area contributed by atoms with Gasteiger partial charge in [-0.05, 0) is 42.3 Å². The second-order valence-electron chi connectivity index (χ2n) is 5.47. The minimum Gasteiger partial charge on any atom is -0.467 e. The smallest absolute Gasteiger partial charge is 0.328 e. The predicted octanol–water partition coefficient (Wildman–Crippen LogP) is 3.18. The molecule has 2 rings (SSSR count). The van der Waals surface area contributed by atoms with E-state index in [9.17, 15) is 18.4 Å². The first kappa shape index (κ1) is 18.4. The van der Waals surface area contributed by atoms with Gasteiger partial charge in [0.05, 0.1) is 7.11 Å². The lowest BCUT2D eigenvalue weighted by atomic mass is 10.1. The Morgan fingerprint density at radius 1 is 1.12 bits per heavy atom. The van der Waals surface area contributed by atoms with E-state index in [0.29, 0.717) is 11.1 Å². The molecule has 0 aromatic heterocycles. The number of halogens is 2. The number of anilines is 1. The lowest BCUT2D eigenvalue weighted by molar-refractivity contribution is -0.142.